The van der Waals surface area contributed by atoms with E-state index in [4.69, 9.17) is 28.8 Å². The minimum atomic E-state index is -2.39. The quantitative estimate of drug-likeness (QED) is 0.189. The Kier molecular flexibility index (Phi) is 7.99. The summed E-state index contributed by atoms with van der Waals surface area (Å²) in [6.45, 7) is 2.25. The molecule has 2 aliphatic heterocycles. The first kappa shape index (κ1) is 31.7. The number of likely N-dealkylation sites (N-methyl/N-ethyl adjacent to an activating group) is 1. The average molecular weight is 634 g/mol. The minimum Gasteiger partial charge on any atom is -0.504 e. The number of carbonyl (C=O) groups excluding carboxylic acids is 4. The number of aliphatic carboxylic acids is 2. The number of likely N-dealkylation sites (tertiary alicyclic amines) is 1. The van der Waals surface area contributed by atoms with Gasteiger partial charge in [-0.25, -0.2) is 14.4 Å². The summed E-state index contributed by atoms with van der Waals surface area (Å²) in [4.78, 5) is 75.1. The van der Waals surface area contributed by atoms with E-state index < -0.39 is 77.7 Å². The van der Waals surface area contributed by atoms with Crippen LogP contribution in [0, 0.1) is 0 Å². The van der Waals surface area contributed by atoms with E-state index in [2.05, 4.69) is 0 Å². The highest BCUT2D eigenvalue weighted by atomic mass is 16.6. The Balaban J connectivity index is 1.49. The van der Waals surface area contributed by atoms with Crippen LogP contribution >= 0.6 is 0 Å². The lowest BCUT2D eigenvalue weighted by Gasteiger charge is -2.61. The van der Waals surface area contributed by atoms with Crippen molar-refractivity contribution in [2.75, 3.05) is 13.6 Å². The van der Waals surface area contributed by atoms with E-state index in [9.17, 15) is 44.1 Å². The fourth-order valence-corrected chi connectivity index (χ4v) is 6.98. The number of ether oxygens (including phenoxy) is 5. The van der Waals surface area contributed by atoms with Crippen molar-refractivity contribution in [2.45, 2.75) is 81.0 Å². The Morgan fingerprint density at radius 1 is 1.02 bits per heavy atom. The molecular weight excluding hydrogens is 602 g/mol. The van der Waals surface area contributed by atoms with E-state index in [1.54, 1.807) is 6.07 Å². The van der Waals surface area contributed by atoms with Crippen LogP contribution in [-0.2, 0) is 59.6 Å². The zero-order valence-corrected chi connectivity index (χ0v) is 24.4. The third-order valence-electron chi connectivity index (χ3n) is 8.79. The van der Waals surface area contributed by atoms with Gasteiger partial charge in [-0.2, -0.15) is 0 Å². The molecular formula is C29H31NO15. The average Bonchev–Trinajstić information content (AvgIpc) is 3.30. The van der Waals surface area contributed by atoms with Crippen LogP contribution in [-0.4, -0.2) is 111 Å². The van der Waals surface area contributed by atoms with Crippen molar-refractivity contribution in [1.82, 2.24) is 4.90 Å². The molecule has 1 aromatic rings. The van der Waals surface area contributed by atoms with Crippen molar-refractivity contribution in [2.24, 2.45) is 0 Å². The molecule has 2 heterocycles. The number of esters is 4. The highest BCUT2D eigenvalue weighted by Crippen LogP contribution is 2.65. The van der Waals surface area contributed by atoms with E-state index in [1.165, 1.54) is 12.1 Å². The molecule has 5 rings (SSSR count). The van der Waals surface area contributed by atoms with Gasteiger partial charge in [0.1, 0.15) is 5.76 Å². The number of aromatic hydroxyl groups is 1. The Morgan fingerprint density at radius 3 is 2.27 bits per heavy atom. The van der Waals surface area contributed by atoms with Crippen LogP contribution in [0.15, 0.2) is 24.0 Å². The van der Waals surface area contributed by atoms with Gasteiger partial charge in [0.2, 0.25) is 18.3 Å². The van der Waals surface area contributed by atoms with Crippen molar-refractivity contribution < 1.29 is 72.9 Å². The van der Waals surface area contributed by atoms with Gasteiger partial charge in [0.15, 0.2) is 17.6 Å². The number of carboxylic acids is 2. The second kappa shape index (κ2) is 11.3. The lowest BCUT2D eigenvalue weighted by Crippen LogP contribution is -2.74. The summed E-state index contributed by atoms with van der Waals surface area (Å²) in [5.74, 6) is -9.12. The first-order valence-corrected chi connectivity index (χ1v) is 14.0. The van der Waals surface area contributed by atoms with Crippen LogP contribution in [0.5, 0.6) is 11.5 Å². The van der Waals surface area contributed by atoms with Gasteiger partial charge in [0.05, 0.1) is 17.4 Å². The Bertz CT molecular complexity index is 1520. The lowest BCUT2D eigenvalue weighted by molar-refractivity contribution is -0.195. The highest BCUT2D eigenvalue weighted by molar-refractivity contribution is 5.91. The Hall–Kier alpha value is -4.70. The molecule has 4 N–H and O–H groups in total. The maximum Gasteiger partial charge on any atom is 0.357 e. The molecule has 242 valence electrons. The van der Waals surface area contributed by atoms with Crippen molar-refractivity contribution in [3.05, 3.63) is 35.1 Å². The molecule has 2 bridgehead atoms. The molecule has 0 amide bonds. The maximum absolute atomic E-state index is 13.6. The molecule has 0 aromatic heterocycles. The number of benzene rings is 1. The lowest BCUT2D eigenvalue weighted by atomic mass is 9.50. The summed E-state index contributed by atoms with van der Waals surface area (Å²) < 4.78 is 26.5. The molecule has 1 spiro atoms. The number of nitrogens with zero attached hydrogens (tertiary/aromatic N) is 1. The van der Waals surface area contributed by atoms with Crippen LogP contribution in [0.2, 0.25) is 0 Å². The fraction of sp³-hybridized carbons (Fsp3) is 0.517. The number of phenolic OH excluding ortho intramolecular Hbond substituents is 1. The molecule has 2 aliphatic carbocycles. The fourth-order valence-electron chi connectivity index (χ4n) is 6.98. The van der Waals surface area contributed by atoms with Gasteiger partial charge >= 0.3 is 35.8 Å². The Morgan fingerprint density at radius 2 is 1.67 bits per heavy atom. The number of carboxylic acid groups (broad SMARTS) is 2. The highest BCUT2D eigenvalue weighted by Gasteiger charge is 2.72. The molecule has 4 aliphatic rings. The number of phenols is 1. The SMILES string of the molecule is CC(=O)O[C@@H](C(=O)OC1=CC[C@@]2(O)[C@H]3Cc4ccc(O)c5c4[C@@]2(CCN3C)[C@H]1O5)[C@@H](OC(C)=O)C(=O)O[C@@H](CC(=O)O)C(=O)O. The summed E-state index contributed by atoms with van der Waals surface area (Å²) >= 11 is 0. The predicted molar refractivity (Wildman–Crippen MR) is 144 cm³/mol. The predicted octanol–water partition coefficient (Wildman–Crippen LogP) is -0.452. The second-order valence-corrected chi connectivity index (χ2v) is 11.4. The maximum atomic E-state index is 13.6. The summed E-state index contributed by atoms with van der Waals surface area (Å²) in [5, 5.41) is 41.2. The minimum absolute atomic E-state index is 0.0118. The van der Waals surface area contributed by atoms with Gasteiger partial charge in [-0.15, -0.1) is 0 Å². The van der Waals surface area contributed by atoms with Crippen LogP contribution < -0.4 is 4.74 Å². The van der Waals surface area contributed by atoms with Crippen LogP contribution in [0.3, 0.4) is 0 Å². The number of hydrogen-bond donors (Lipinski definition) is 4. The van der Waals surface area contributed by atoms with Gasteiger partial charge < -0.3 is 49.0 Å². The number of aliphatic hydroxyl groups is 1. The summed E-state index contributed by atoms with van der Waals surface area (Å²) in [6, 6.07) is 2.87. The summed E-state index contributed by atoms with van der Waals surface area (Å²) in [6.07, 6.45) is -7.07. The Labute approximate surface area is 255 Å². The third-order valence-corrected chi connectivity index (χ3v) is 8.79. The van der Waals surface area contributed by atoms with E-state index in [1.807, 2.05) is 11.9 Å². The van der Waals surface area contributed by atoms with Gasteiger partial charge in [0, 0.05) is 31.9 Å². The zero-order valence-electron chi connectivity index (χ0n) is 24.4. The van der Waals surface area contributed by atoms with Gasteiger partial charge in [0.25, 0.3) is 0 Å². The van der Waals surface area contributed by atoms with Crippen molar-refractivity contribution >= 4 is 35.8 Å². The molecule has 0 radical (unpaired) electrons. The topological polar surface area (TPSA) is 233 Å². The van der Waals surface area contributed by atoms with Gasteiger partial charge in [-0.05, 0) is 44.1 Å². The molecule has 1 saturated heterocycles. The number of piperidine rings is 1. The van der Waals surface area contributed by atoms with Crippen molar-refractivity contribution in [3.8, 4) is 11.5 Å². The zero-order chi connectivity index (χ0) is 33.0. The first-order chi connectivity index (χ1) is 21.1. The molecule has 16 nitrogen and oxygen atoms in total. The summed E-state index contributed by atoms with van der Waals surface area (Å²) in [5.41, 5.74) is -1.13. The normalized spacial score (nSPS) is 27.8. The number of hydrogen-bond acceptors (Lipinski definition) is 14. The standard InChI is InChI=1S/C29H31NO15/c1-12(31)41-22(23(42-13(2)32)27(39)44-17(25(36)37)11-19(34)35)26(38)43-16-6-7-29(40)18-10-14-4-5-15(33)21-20(14)28(29,24(16)45-21)8-9-30(18)3/h4-6,17-18,22-24,33,40H,7-11H2,1-3H3,(H,34,35)(H,36,37)/t17-,18+,22+,23+,24-,28-,29+/m0/s1. The summed E-state index contributed by atoms with van der Waals surface area (Å²) in [7, 11) is 1.88. The number of carbonyl (C=O) groups is 6. The van der Waals surface area contributed by atoms with E-state index >= 15 is 0 Å². The number of rotatable bonds is 10. The molecule has 16 heteroatoms. The largest absolute Gasteiger partial charge is 0.504 e. The third kappa shape index (κ3) is 5.12. The smallest absolute Gasteiger partial charge is 0.357 e. The first-order valence-electron chi connectivity index (χ1n) is 14.0. The molecule has 1 aromatic carbocycles. The monoisotopic (exact) mass is 633 g/mol. The second-order valence-electron chi connectivity index (χ2n) is 11.4. The van der Waals surface area contributed by atoms with Crippen LogP contribution in [0.25, 0.3) is 0 Å². The van der Waals surface area contributed by atoms with E-state index in [-0.39, 0.29) is 29.7 Å². The van der Waals surface area contributed by atoms with E-state index in [0.29, 0.717) is 24.9 Å². The molecule has 0 saturated carbocycles. The van der Waals surface area contributed by atoms with Gasteiger partial charge in [-0.3, -0.25) is 14.4 Å². The molecule has 7 atom stereocenters. The van der Waals surface area contributed by atoms with Crippen LogP contribution in [0.4, 0.5) is 0 Å². The molecule has 45 heavy (non-hydrogen) atoms. The molecule has 0 unspecified atom stereocenters. The van der Waals surface area contributed by atoms with E-state index in [0.717, 1.165) is 19.4 Å². The van der Waals surface area contributed by atoms with Crippen molar-refractivity contribution in [1.29, 1.82) is 0 Å². The van der Waals surface area contributed by atoms with Crippen molar-refractivity contribution in [3.63, 3.8) is 0 Å². The molecule has 1 fully saturated rings. The van der Waals surface area contributed by atoms with Crippen LogP contribution in [0.1, 0.15) is 44.2 Å². The van der Waals surface area contributed by atoms with Gasteiger partial charge in [-0.1, -0.05) is 6.07 Å².